The second-order valence-corrected chi connectivity index (χ2v) is 4.13. The molecule has 0 aliphatic rings. The van der Waals surface area contributed by atoms with Gasteiger partial charge in [0.2, 0.25) is 0 Å². The molecule has 0 aromatic rings. The first kappa shape index (κ1) is 11.5. The number of terminal acetylenes is 1. The molecule has 2 heteroatoms. The standard InChI is InChI=1S/C10H20N2/c1-6-9(2)12(5)8-10(3,4)7-11/h1,9H,7-8,11H2,2-5H3. The molecule has 0 spiro atoms. The molecule has 70 valence electrons. The van der Waals surface area contributed by atoms with Gasteiger partial charge < -0.3 is 5.73 Å². The SMILES string of the molecule is C#CC(C)N(C)CC(C)(C)CN. The van der Waals surface area contributed by atoms with Gasteiger partial charge in [0.05, 0.1) is 6.04 Å². The normalized spacial score (nSPS) is 14.4. The van der Waals surface area contributed by atoms with Crippen molar-refractivity contribution in [1.29, 1.82) is 0 Å². The highest BCUT2D eigenvalue weighted by Crippen LogP contribution is 2.14. The van der Waals surface area contributed by atoms with Crippen molar-refractivity contribution in [2.24, 2.45) is 11.1 Å². The highest BCUT2D eigenvalue weighted by atomic mass is 15.1. The lowest BCUT2D eigenvalue weighted by Gasteiger charge is -2.30. The third-order valence-electron chi connectivity index (χ3n) is 2.13. The molecule has 0 heterocycles. The predicted molar refractivity (Wildman–Crippen MR) is 53.8 cm³/mol. The predicted octanol–water partition coefficient (Wildman–Crippen LogP) is 0.925. The van der Waals surface area contributed by atoms with Crippen LogP contribution in [0.15, 0.2) is 0 Å². The van der Waals surface area contributed by atoms with E-state index in [9.17, 15) is 0 Å². The Kier molecular flexibility index (Phi) is 4.30. The number of nitrogens with two attached hydrogens (primary N) is 1. The summed E-state index contributed by atoms with van der Waals surface area (Å²) < 4.78 is 0. The smallest absolute Gasteiger partial charge is 0.0681 e. The van der Waals surface area contributed by atoms with E-state index in [1.807, 2.05) is 14.0 Å². The van der Waals surface area contributed by atoms with E-state index in [0.717, 1.165) is 6.54 Å². The van der Waals surface area contributed by atoms with Crippen LogP contribution in [0.2, 0.25) is 0 Å². The van der Waals surface area contributed by atoms with Gasteiger partial charge >= 0.3 is 0 Å². The maximum absolute atomic E-state index is 5.62. The van der Waals surface area contributed by atoms with Gasteiger partial charge in [-0.15, -0.1) is 6.42 Å². The van der Waals surface area contributed by atoms with Gasteiger partial charge in [0.25, 0.3) is 0 Å². The van der Waals surface area contributed by atoms with Crippen LogP contribution >= 0.6 is 0 Å². The van der Waals surface area contributed by atoms with Gasteiger partial charge in [-0.1, -0.05) is 19.8 Å². The van der Waals surface area contributed by atoms with Crippen molar-refractivity contribution < 1.29 is 0 Å². The molecule has 0 aliphatic heterocycles. The third-order valence-corrected chi connectivity index (χ3v) is 2.13. The molecule has 1 atom stereocenters. The van der Waals surface area contributed by atoms with Crippen LogP contribution in [-0.2, 0) is 0 Å². The van der Waals surface area contributed by atoms with Gasteiger partial charge in [-0.25, -0.2) is 0 Å². The Morgan fingerprint density at radius 2 is 2.08 bits per heavy atom. The third kappa shape index (κ3) is 3.75. The summed E-state index contributed by atoms with van der Waals surface area (Å²) in [6.45, 7) is 7.94. The lowest BCUT2D eigenvalue weighted by atomic mass is 9.93. The highest BCUT2D eigenvalue weighted by Gasteiger charge is 2.19. The molecule has 2 nitrogen and oxygen atoms in total. The minimum absolute atomic E-state index is 0.153. The fraction of sp³-hybridized carbons (Fsp3) is 0.800. The van der Waals surface area contributed by atoms with Crippen LogP contribution in [0, 0.1) is 17.8 Å². The first-order valence-corrected chi connectivity index (χ1v) is 4.29. The Morgan fingerprint density at radius 1 is 1.58 bits per heavy atom. The summed E-state index contributed by atoms with van der Waals surface area (Å²) in [5, 5.41) is 0. The van der Waals surface area contributed by atoms with Crippen LogP contribution in [-0.4, -0.2) is 31.1 Å². The number of hydrogen-bond donors (Lipinski definition) is 1. The van der Waals surface area contributed by atoms with Crippen molar-refractivity contribution in [2.75, 3.05) is 20.1 Å². The molecule has 0 aromatic heterocycles. The van der Waals surface area contributed by atoms with Gasteiger partial charge in [0, 0.05) is 6.54 Å². The van der Waals surface area contributed by atoms with Crippen molar-refractivity contribution >= 4 is 0 Å². The Hall–Kier alpha value is -0.520. The van der Waals surface area contributed by atoms with E-state index >= 15 is 0 Å². The van der Waals surface area contributed by atoms with Crippen LogP contribution in [0.25, 0.3) is 0 Å². The van der Waals surface area contributed by atoms with E-state index in [1.54, 1.807) is 0 Å². The summed E-state index contributed by atoms with van der Waals surface area (Å²) in [7, 11) is 2.03. The maximum atomic E-state index is 5.62. The monoisotopic (exact) mass is 168 g/mol. The summed E-state index contributed by atoms with van der Waals surface area (Å²) in [6, 6.07) is 0.191. The summed E-state index contributed by atoms with van der Waals surface area (Å²) in [4.78, 5) is 2.15. The number of nitrogens with zero attached hydrogens (tertiary/aromatic N) is 1. The largest absolute Gasteiger partial charge is 0.330 e. The second-order valence-electron chi connectivity index (χ2n) is 4.13. The highest BCUT2D eigenvalue weighted by molar-refractivity contribution is 4.97. The van der Waals surface area contributed by atoms with Crippen LogP contribution < -0.4 is 5.73 Å². The molecule has 12 heavy (non-hydrogen) atoms. The van der Waals surface area contributed by atoms with E-state index in [2.05, 4.69) is 24.7 Å². The van der Waals surface area contributed by atoms with E-state index < -0.39 is 0 Å². The summed E-state index contributed by atoms with van der Waals surface area (Å²) in [5.74, 6) is 2.70. The minimum Gasteiger partial charge on any atom is -0.330 e. The fourth-order valence-corrected chi connectivity index (χ4v) is 1.00. The molecule has 0 fully saturated rings. The summed E-state index contributed by atoms with van der Waals surface area (Å²) in [6.07, 6.45) is 5.31. The van der Waals surface area contributed by atoms with Crippen LogP contribution in [0.4, 0.5) is 0 Å². The molecule has 1 unspecified atom stereocenters. The van der Waals surface area contributed by atoms with E-state index in [-0.39, 0.29) is 11.5 Å². The topological polar surface area (TPSA) is 29.3 Å². The van der Waals surface area contributed by atoms with Crippen LogP contribution in [0.3, 0.4) is 0 Å². The zero-order chi connectivity index (χ0) is 9.78. The van der Waals surface area contributed by atoms with Gasteiger partial charge in [-0.05, 0) is 25.9 Å². The lowest BCUT2D eigenvalue weighted by Crippen LogP contribution is -2.40. The molecule has 0 radical (unpaired) electrons. The van der Waals surface area contributed by atoms with Crippen LogP contribution in [0.1, 0.15) is 20.8 Å². The Balaban J connectivity index is 4.01. The van der Waals surface area contributed by atoms with Gasteiger partial charge in [0.1, 0.15) is 0 Å². The van der Waals surface area contributed by atoms with E-state index in [1.165, 1.54) is 0 Å². The average molecular weight is 168 g/mol. The molecular formula is C10H20N2. The first-order valence-electron chi connectivity index (χ1n) is 4.29. The Labute approximate surface area is 76.1 Å². The Bertz CT molecular complexity index is 167. The quantitative estimate of drug-likeness (QED) is 0.633. The summed E-state index contributed by atoms with van der Waals surface area (Å²) >= 11 is 0. The fourth-order valence-electron chi connectivity index (χ4n) is 1.00. The van der Waals surface area contributed by atoms with Crippen molar-refractivity contribution in [3.8, 4) is 12.3 Å². The van der Waals surface area contributed by atoms with Crippen LogP contribution in [0.5, 0.6) is 0 Å². The molecule has 0 amide bonds. The van der Waals surface area contributed by atoms with Gasteiger partial charge in [-0.2, -0.15) is 0 Å². The van der Waals surface area contributed by atoms with Crippen molar-refractivity contribution in [3.05, 3.63) is 0 Å². The molecule has 0 saturated carbocycles. The zero-order valence-electron chi connectivity index (χ0n) is 8.59. The number of hydrogen-bond acceptors (Lipinski definition) is 2. The minimum atomic E-state index is 0.153. The molecule has 0 saturated heterocycles. The van der Waals surface area contributed by atoms with Crippen molar-refractivity contribution in [1.82, 2.24) is 4.90 Å². The van der Waals surface area contributed by atoms with E-state index in [4.69, 9.17) is 12.2 Å². The molecule has 0 aromatic carbocycles. The van der Waals surface area contributed by atoms with Gasteiger partial charge in [0.15, 0.2) is 0 Å². The van der Waals surface area contributed by atoms with E-state index in [0.29, 0.717) is 6.54 Å². The average Bonchev–Trinajstić information content (AvgIpc) is 2.02. The Morgan fingerprint density at radius 3 is 2.42 bits per heavy atom. The molecule has 0 rings (SSSR count). The molecule has 2 N–H and O–H groups in total. The second kappa shape index (κ2) is 4.49. The first-order chi connectivity index (χ1) is 5.43. The summed E-state index contributed by atoms with van der Waals surface area (Å²) in [5.41, 5.74) is 5.77. The lowest BCUT2D eigenvalue weighted by molar-refractivity contribution is 0.199. The van der Waals surface area contributed by atoms with Crippen molar-refractivity contribution in [3.63, 3.8) is 0 Å². The molecule has 0 aliphatic carbocycles. The molecular weight excluding hydrogens is 148 g/mol. The van der Waals surface area contributed by atoms with Crippen molar-refractivity contribution in [2.45, 2.75) is 26.8 Å². The number of rotatable bonds is 4. The zero-order valence-corrected chi connectivity index (χ0v) is 8.59. The molecule has 0 bridgehead atoms. The maximum Gasteiger partial charge on any atom is 0.0681 e. The van der Waals surface area contributed by atoms with Gasteiger partial charge in [-0.3, -0.25) is 4.90 Å².